The third-order valence-corrected chi connectivity index (χ3v) is 8.22. The van der Waals surface area contributed by atoms with Crippen LogP contribution in [0, 0.1) is 12.7 Å². The van der Waals surface area contributed by atoms with Crippen LogP contribution in [0.4, 0.5) is 14.9 Å². The molecule has 1 amide bonds. The van der Waals surface area contributed by atoms with Crippen molar-refractivity contribution in [1.29, 1.82) is 0 Å². The summed E-state index contributed by atoms with van der Waals surface area (Å²) in [6.07, 6.45) is 1.76. The van der Waals surface area contributed by atoms with Crippen molar-refractivity contribution >= 4 is 17.4 Å². The van der Waals surface area contributed by atoms with E-state index in [1.807, 2.05) is 68.4 Å². The van der Waals surface area contributed by atoms with Crippen molar-refractivity contribution in [2.45, 2.75) is 46.4 Å². The molecule has 0 fully saturated rings. The summed E-state index contributed by atoms with van der Waals surface area (Å²) < 4.78 is 32.2. The molecule has 1 heterocycles. The van der Waals surface area contributed by atoms with E-state index in [0.717, 1.165) is 44.6 Å². The van der Waals surface area contributed by atoms with Gasteiger partial charge in [-0.15, -0.1) is 0 Å². The molecule has 0 saturated heterocycles. The third-order valence-electron chi connectivity index (χ3n) is 8.22. The minimum Gasteiger partial charge on any atom is -0.496 e. The molecule has 246 valence electrons. The van der Waals surface area contributed by atoms with Crippen LogP contribution in [0.5, 0.6) is 17.2 Å². The van der Waals surface area contributed by atoms with Crippen molar-refractivity contribution in [2.75, 3.05) is 39.6 Å². The molecule has 0 unspecified atom stereocenters. The van der Waals surface area contributed by atoms with Crippen molar-refractivity contribution in [1.82, 2.24) is 9.80 Å². The topological polar surface area (TPSA) is 63.3 Å². The Balaban J connectivity index is 1.49. The number of halogens is 1. The molecule has 0 atom stereocenters. The second-order valence-corrected chi connectivity index (χ2v) is 12.8. The Bertz CT molecular complexity index is 1770. The maximum atomic E-state index is 14.1. The lowest BCUT2D eigenvalue weighted by Gasteiger charge is -2.33. The largest absolute Gasteiger partial charge is 0.496 e. The number of aryl methyl sites for hydroxylation is 1. The number of likely N-dealkylation sites (N-methyl/N-ethyl adjacent to an activating group) is 1. The van der Waals surface area contributed by atoms with Gasteiger partial charge < -0.3 is 29.3 Å². The number of carbonyl (C=O) groups is 1. The van der Waals surface area contributed by atoms with Gasteiger partial charge in [-0.05, 0) is 88.3 Å². The van der Waals surface area contributed by atoms with Gasteiger partial charge in [0.05, 0.1) is 12.6 Å². The number of rotatable bonds is 11. The minimum absolute atomic E-state index is 0.205. The molecule has 1 aliphatic rings. The summed E-state index contributed by atoms with van der Waals surface area (Å²) in [6, 6.07) is 24.0. The fourth-order valence-corrected chi connectivity index (χ4v) is 5.96. The first-order chi connectivity index (χ1) is 22.4. The number of carbonyl (C=O) groups excluding carboxylic acids is 1. The monoisotopic (exact) mass is 637 g/mol. The van der Waals surface area contributed by atoms with E-state index in [0.29, 0.717) is 36.9 Å². The van der Waals surface area contributed by atoms with Crippen LogP contribution in [0.1, 0.15) is 43.0 Å². The SMILES string of the molecule is COc1cc(OC(=O)N(CCN(C)C)Cc2ccccc2)ccc1-c1ccc2c(c1COc1cc(F)ccc1C)C(C)=CC(C)(C)N2. The van der Waals surface area contributed by atoms with Crippen molar-refractivity contribution in [2.24, 2.45) is 0 Å². The summed E-state index contributed by atoms with van der Waals surface area (Å²) in [4.78, 5) is 17.2. The number of amides is 1. The van der Waals surface area contributed by atoms with Crippen molar-refractivity contribution in [3.05, 3.63) is 113 Å². The molecule has 5 rings (SSSR count). The molecule has 0 aliphatic carbocycles. The van der Waals surface area contributed by atoms with Crippen LogP contribution >= 0.6 is 0 Å². The standard InChI is InChI=1S/C39H44FN3O4/c1-26-13-14-29(40)21-35(26)46-25-33-31(17-18-34-37(33)27(2)23-39(3,4)41-34)32-16-15-30(22-36(32)45-7)47-38(44)43(20-19-42(5)6)24-28-11-9-8-10-12-28/h8-18,21-23,41H,19-20,24-25H2,1-7H3. The van der Waals surface area contributed by atoms with E-state index < -0.39 is 6.09 Å². The molecule has 0 radical (unpaired) electrons. The summed E-state index contributed by atoms with van der Waals surface area (Å²) in [5, 5.41) is 3.62. The van der Waals surface area contributed by atoms with Crippen LogP contribution in [-0.2, 0) is 13.2 Å². The second-order valence-electron chi connectivity index (χ2n) is 12.8. The predicted octanol–water partition coefficient (Wildman–Crippen LogP) is 8.56. The molecule has 47 heavy (non-hydrogen) atoms. The average Bonchev–Trinajstić information content (AvgIpc) is 3.03. The molecule has 4 aromatic rings. The summed E-state index contributed by atoms with van der Waals surface area (Å²) in [7, 11) is 5.55. The van der Waals surface area contributed by atoms with Crippen LogP contribution in [0.15, 0.2) is 84.9 Å². The zero-order valence-corrected chi connectivity index (χ0v) is 28.3. The Hall–Kier alpha value is -4.82. The fourth-order valence-electron chi connectivity index (χ4n) is 5.96. The molecule has 1 N–H and O–H groups in total. The van der Waals surface area contributed by atoms with Gasteiger partial charge in [-0.3, -0.25) is 0 Å². The van der Waals surface area contributed by atoms with Crippen LogP contribution in [0.25, 0.3) is 16.7 Å². The summed E-state index contributed by atoms with van der Waals surface area (Å²) in [5.41, 5.74) is 7.44. The summed E-state index contributed by atoms with van der Waals surface area (Å²) in [5.74, 6) is 1.07. The Labute approximate surface area is 277 Å². The highest BCUT2D eigenvalue weighted by atomic mass is 19.1. The normalized spacial score (nSPS) is 13.3. The summed E-state index contributed by atoms with van der Waals surface area (Å²) >= 11 is 0. The molecule has 0 spiro atoms. The van der Waals surface area contributed by atoms with Crippen LogP contribution in [0.3, 0.4) is 0 Å². The quantitative estimate of drug-likeness (QED) is 0.178. The third kappa shape index (κ3) is 8.13. The number of nitrogens with zero attached hydrogens (tertiary/aromatic N) is 2. The van der Waals surface area contributed by atoms with Gasteiger partial charge in [0, 0.05) is 54.1 Å². The van der Waals surface area contributed by atoms with Crippen molar-refractivity contribution in [3.63, 3.8) is 0 Å². The van der Waals surface area contributed by atoms with Gasteiger partial charge in [0.25, 0.3) is 0 Å². The number of allylic oxidation sites excluding steroid dienone is 1. The first-order valence-electron chi connectivity index (χ1n) is 15.8. The first-order valence-corrected chi connectivity index (χ1v) is 15.8. The van der Waals surface area contributed by atoms with Gasteiger partial charge in [-0.2, -0.15) is 0 Å². The number of nitrogens with one attached hydrogen (secondary N) is 1. The van der Waals surface area contributed by atoms with E-state index in [-0.39, 0.29) is 18.0 Å². The molecule has 1 aliphatic heterocycles. The van der Waals surface area contributed by atoms with E-state index in [1.54, 1.807) is 30.2 Å². The zero-order chi connectivity index (χ0) is 33.7. The Kier molecular flexibility index (Phi) is 10.2. The highest BCUT2D eigenvalue weighted by molar-refractivity contribution is 5.88. The molecule has 8 heteroatoms. The number of anilines is 1. The van der Waals surface area contributed by atoms with Crippen LogP contribution < -0.4 is 19.5 Å². The van der Waals surface area contributed by atoms with E-state index in [1.165, 1.54) is 12.1 Å². The number of fused-ring (bicyclic) bond motifs is 1. The van der Waals surface area contributed by atoms with E-state index in [9.17, 15) is 9.18 Å². The Morgan fingerprint density at radius 1 is 0.894 bits per heavy atom. The lowest BCUT2D eigenvalue weighted by molar-refractivity contribution is 0.144. The number of benzene rings is 4. The van der Waals surface area contributed by atoms with E-state index >= 15 is 0 Å². The minimum atomic E-state index is -0.437. The molecule has 0 aromatic heterocycles. The van der Waals surface area contributed by atoms with Crippen molar-refractivity contribution < 1.29 is 23.4 Å². The van der Waals surface area contributed by atoms with Crippen molar-refractivity contribution in [3.8, 4) is 28.4 Å². The maximum Gasteiger partial charge on any atom is 0.415 e. The molecule has 4 aromatic carbocycles. The zero-order valence-electron chi connectivity index (χ0n) is 28.3. The van der Waals surface area contributed by atoms with E-state index in [4.69, 9.17) is 14.2 Å². The lowest BCUT2D eigenvalue weighted by atomic mass is 9.85. The summed E-state index contributed by atoms with van der Waals surface area (Å²) in [6.45, 7) is 10.1. The molecule has 0 bridgehead atoms. The van der Waals surface area contributed by atoms with Gasteiger partial charge in [-0.1, -0.05) is 48.5 Å². The average molecular weight is 638 g/mol. The number of hydrogen-bond acceptors (Lipinski definition) is 6. The second kappa shape index (κ2) is 14.3. The fraction of sp³-hybridized carbons (Fsp3) is 0.308. The molecular formula is C39H44FN3O4. The molecule has 0 saturated carbocycles. The lowest BCUT2D eigenvalue weighted by Crippen LogP contribution is -2.38. The Morgan fingerprint density at radius 3 is 2.36 bits per heavy atom. The van der Waals surface area contributed by atoms with Gasteiger partial charge in [0.2, 0.25) is 0 Å². The highest BCUT2D eigenvalue weighted by Gasteiger charge is 2.27. The van der Waals surface area contributed by atoms with Gasteiger partial charge >= 0.3 is 6.09 Å². The van der Waals surface area contributed by atoms with Crippen LogP contribution in [-0.4, -0.2) is 55.7 Å². The molecule has 7 nitrogen and oxygen atoms in total. The Morgan fingerprint density at radius 2 is 1.64 bits per heavy atom. The predicted molar refractivity (Wildman–Crippen MR) is 187 cm³/mol. The van der Waals surface area contributed by atoms with Crippen LogP contribution in [0.2, 0.25) is 0 Å². The number of hydrogen-bond donors (Lipinski definition) is 1. The van der Waals surface area contributed by atoms with Gasteiger partial charge in [0.1, 0.15) is 29.7 Å². The number of ether oxygens (including phenoxy) is 3. The maximum absolute atomic E-state index is 14.1. The van der Waals surface area contributed by atoms with Gasteiger partial charge in [0.15, 0.2) is 0 Å². The highest BCUT2D eigenvalue weighted by Crippen LogP contribution is 2.43. The van der Waals surface area contributed by atoms with E-state index in [2.05, 4.69) is 38.2 Å². The smallest absolute Gasteiger partial charge is 0.415 e. The molecular weight excluding hydrogens is 593 g/mol. The number of methoxy groups -OCH3 is 1. The first kappa shape index (κ1) is 33.5. The van der Waals surface area contributed by atoms with Gasteiger partial charge in [-0.25, -0.2) is 9.18 Å².